The summed E-state index contributed by atoms with van der Waals surface area (Å²) in [6.07, 6.45) is 1.84. The van der Waals surface area contributed by atoms with Crippen LogP contribution in [0.15, 0.2) is 72.9 Å². The Hall–Kier alpha value is -4.20. The van der Waals surface area contributed by atoms with Crippen molar-refractivity contribution in [3.05, 3.63) is 84.2 Å². The molecule has 150 valence electrons. The van der Waals surface area contributed by atoms with Crippen LogP contribution in [0.3, 0.4) is 0 Å². The molecule has 0 aliphatic rings. The third-order valence-electron chi connectivity index (χ3n) is 4.33. The molecule has 0 spiro atoms. The molecule has 4 rings (SSSR count). The molecule has 0 bridgehead atoms. The highest BCUT2D eigenvalue weighted by atomic mass is 16.2. The fourth-order valence-corrected chi connectivity index (χ4v) is 2.77. The topological polar surface area (TPSA) is 96.8 Å². The third-order valence-corrected chi connectivity index (χ3v) is 4.33. The van der Waals surface area contributed by atoms with Crippen LogP contribution < -0.4 is 16.0 Å². The molecule has 0 aliphatic heterocycles. The first kappa shape index (κ1) is 19.1. The summed E-state index contributed by atoms with van der Waals surface area (Å²) >= 11 is 0. The zero-order valence-corrected chi connectivity index (χ0v) is 16.6. The Morgan fingerprint density at radius 2 is 1.40 bits per heavy atom. The van der Waals surface area contributed by atoms with Gasteiger partial charge in [0.2, 0.25) is 0 Å². The lowest BCUT2D eigenvalue weighted by Crippen LogP contribution is -2.19. The number of nitrogens with zero attached hydrogens (tertiary/aromatic N) is 4. The Kier molecular flexibility index (Phi) is 5.38. The van der Waals surface area contributed by atoms with E-state index in [9.17, 15) is 4.79 Å². The predicted octanol–water partition coefficient (Wildman–Crippen LogP) is 4.67. The van der Waals surface area contributed by atoms with Crippen molar-refractivity contribution in [2.75, 3.05) is 16.0 Å². The van der Waals surface area contributed by atoms with E-state index in [0.717, 1.165) is 22.6 Å². The van der Waals surface area contributed by atoms with Gasteiger partial charge < -0.3 is 16.0 Å². The minimum atomic E-state index is -0.296. The van der Waals surface area contributed by atoms with Gasteiger partial charge in [-0.3, -0.25) is 0 Å². The van der Waals surface area contributed by atoms with Crippen LogP contribution in [0.25, 0.3) is 5.82 Å². The van der Waals surface area contributed by atoms with E-state index in [1.807, 2.05) is 86.8 Å². The standard InChI is InChI=1S/C22H21N7O/c1-15-3-5-18(6-4-15)24-22(30)25-19-9-7-17(8-10-19)23-20-11-12-21(27-26-20)29-14-13-16(2)28-29/h3-14H,1-2H3,(H,23,26)(H2,24,25,30). The largest absolute Gasteiger partial charge is 0.339 e. The number of aryl methyl sites for hydroxylation is 2. The number of anilines is 4. The number of amides is 2. The summed E-state index contributed by atoms with van der Waals surface area (Å²) in [4.78, 5) is 12.1. The second kappa shape index (κ2) is 8.44. The van der Waals surface area contributed by atoms with Crippen molar-refractivity contribution < 1.29 is 4.79 Å². The van der Waals surface area contributed by atoms with Gasteiger partial charge in [0.1, 0.15) is 0 Å². The molecule has 2 amide bonds. The Bertz CT molecular complexity index is 1130. The number of rotatable bonds is 5. The number of hydrogen-bond acceptors (Lipinski definition) is 5. The van der Waals surface area contributed by atoms with Crippen molar-refractivity contribution in [3.63, 3.8) is 0 Å². The first-order valence-corrected chi connectivity index (χ1v) is 9.43. The van der Waals surface area contributed by atoms with Crippen LogP contribution in [0.2, 0.25) is 0 Å². The zero-order valence-electron chi connectivity index (χ0n) is 16.6. The van der Waals surface area contributed by atoms with Crippen molar-refractivity contribution in [1.29, 1.82) is 0 Å². The lowest BCUT2D eigenvalue weighted by molar-refractivity contribution is 0.262. The maximum atomic E-state index is 12.1. The summed E-state index contributed by atoms with van der Waals surface area (Å²) in [6.45, 7) is 3.92. The van der Waals surface area contributed by atoms with Crippen molar-refractivity contribution in [3.8, 4) is 5.82 Å². The van der Waals surface area contributed by atoms with Gasteiger partial charge in [0, 0.05) is 23.3 Å². The quantitative estimate of drug-likeness (QED) is 0.453. The van der Waals surface area contributed by atoms with Gasteiger partial charge in [-0.05, 0) is 68.4 Å². The number of benzene rings is 2. The van der Waals surface area contributed by atoms with E-state index >= 15 is 0 Å². The molecule has 2 heterocycles. The van der Waals surface area contributed by atoms with Crippen molar-refractivity contribution in [1.82, 2.24) is 20.0 Å². The van der Waals surface area contributed by atoms with Crippen LogP contribution in [-0.4, -0.2) is 26.0 Å². The van der Waals surface area contributed by atoms with E-state index in [4.69, 9.17) is 0 Å². The predicted molar refractivity (Wildman–Crippen MR) is 117 cm³/mol. The molecular formula is C22H21N7O. The summed E-state index contributed by atoms with van der Waals surface area (Å²) < 4.78 is 1.67. The lowest BCUT2D eigenvalue weighted by atomic mass is 10.2. The molecule has 0 saturated carbocycles. The fourth-order valence-electron chi connectivity index (χ4n) is 2.77. The number of hydrogen-bond donors (Lipinski definition) is 3. The maximum Gasteiger partial charge on any atom is 0.323 e. The van der Waals surface area contributed by atoms with E-state index in [2.05, 4.69) is 31.2 Å². The average Bonchev–Trinajstić information content (AvgIpc) is 3.18. The minimum absolute atomic E-state index is 0.296. The maximum absolute atomic E-state index is 12.1. The van der Waals surface area contributed by atoms with Crippen molar-refractivity contribution >= 4 is 28.9 Å². The van der Waals surface area contributed by atoms with E-state index in [1.54, 1.807) is 4.68 Å². The van der Waals surface area contributed by atoms with Crippen LogP contribution in [0, 0.1) is 13.8 Å². The number of nitrogens with one attached hydrogen (secondary N) is 3. The molecule has 4 aromatic rings. The minimum Gasteiger partial charge on any atom is -0.339 e. The molecule has 0 fully saturated rings. The van der Waals surface area contributed by atoms with Gasteiger partial charge in [-0.2, -0.15) is 5.10 Å². The summed E-state index contributed by atoms with van der Waals surface area (Å²) in [6, 6.07) is 20.2. The molecule has 0 unspecified atom stereocenters. The summed E-state index contributed by atoms with van der Waals surface area (Å²) in [5.41, 5.74) is 4.31. The van der Waals surface area contributed by atoms with Crippen LogP contribution in [0.4, 0.5) is 27.7 Å². The molecule has 0 saturated heterocycles. The van der Waals surface area contributed by atoms with Gasteiger partial charge in [-0.15, -0.1) is 10.2 Å². The molecule has 30 heavy (non-hydrogen) atoms. The SMILES string of the molecule is Cc1ccc(NC(=O)Nc2ccc(Nc3ccc(-n4ccc(C)n4)nn3)cc2)cc1. The normalized spacial score (nSPS) is 10.5. The van der Waals surface area contributed by atoms with Crippen LogP contribution >= 0.6 is 0 Å². The molecule has 8 nitrogen and oxygen atoms in total. The van der Waals surface area contributed by atoms with Crippen LogP contribution in [0.5, 0.6) is 0 Å². The zero-order chi connectivity index (χ0) is 20.9. The van der Waals surface area contributed by atoms with E-state index in [0.29, 0.717) is 17.3 Å². The molecule has 0 aliphatic carbocycles. The Balaban J connectivity index is 1.34. The Morgan fingerprint density at radius 3 is 1.97 bits per heavy atom. The Labute approximate surface area is 174 Å². The second-order valence-electron chi connectivity index (χ2n) is 6.83. The van der Waals surface area contributed by atoms with Gasteiger partial charge in [-0.25, -0.2) is 9.48 Å². The first-order valence-electron chi connectivity index (χ1n) is 9.43. The fraction of sp³-hybridized carbons (Fsp3) is 0.0909. The molecule has 3 N–H and O–H groups in total. The number of aromatic nitrogens is 4. The Morgan fingerprint density at radius 1 is 0.767 bits per heavy atom. The van der Waals surface area contributed by atoms with Gasteiger partial charge in [-0.1, -0.05) is 17.7 Å². The molecule has 0 radical (unpaired) electrons. The van der Waals surface area contributed by atoms with E-state index in [1.165, 1.54) is 0 Å². The summed E-state index contributed by atoms with van der Waals surface area (Å²) in [5.74, 6) is 1.26. The third kappa shape index (κ3) is 4.79. The molecule has 8 heteroatoms. The van der Waals surface area contributed by atoms with Gasteiger partial charge in [0.25, 0.3) is 0 Å². The first-order chi connectivity index (χ1) is 14.5. The highest BCUT2D eigenvalue weighted by Crippen LogP contribution is 2.18. The molecule has 2 aromatic heterocycles. The molecule has 0 atom stereocenters. The summed E-state index contributed by atoms with van der Waals surface area (Å²) in [7, 11) is 0. The monoisotopic (exact) mass is 399 g/mol. The smallest absolute Gasteiger partial charge is 0.323 e. The molecular weight excluding hydrogens is 378 g/mol. The van der Waals surface area contributed by atoms with Crippen molar-refractivity contribution in [2.24, 2.45) is 0 Å². The van der Waals surface area contributed by atoms with Crippen molar-refractivity contribution in [2.45, 2.75) is 13.8 Å². The van der Waals surface area contributed by atoms with E-state index in [-0.39, 0.29) is 6.03 Å². The van der Waals surface area contributed by atoms with Crippen LogP contribution in [0.1, 0.15) is 11.3 Å². The summed E-state index contributed by atoms with van der Waals surface area (Å²) in [5, 5.41) is 21.5. The van der Waals surface area contributed by atoms with Gasteiger partial charge in [0.15, 0.2) is 11.6 Å². The highest BCUT2D eigenvalue weighted by molar-refractivity contribution is 5.99. The van der Waals surface area contributed by atoms with Gasteiger partial charge in [0.05, 0.1) is 5.69 Å². The number of urea groups is 1. The second-order valence-corrected chi connectivity index (χ2v) is 6.83. The average molecular weight is 399 g/mol. The van der Waals surface area contributed by atoms with Gasteiger partial charge >= 0.3 is 6.03 Å². The number of carbonyl (C=O) groups is 1. The highest BCUT2D eigenvalue weighted by Gasteiger charge is 2.05. The van der Waals surface area contributed by atoms with E-state index < -0.39 is 0 Å². The van der Waals surface area contributed by atoms with Crippen LogP contribution in [-0.2, 0) is 0 Å². The number of carbonyl (C=O) groups excluding carboxylic acids is 1. The molecule has 2 aromatic carbocycles. The lowest BCUT2D eigenvalue weighted by Gasteiger charge is -2.09.